The molecule has 2 aliphatic rings. The van der Waals surface area contributed by atoms with Crippen LogP contribution in [-0.4, -0.2) is 73.8 Å². The van der Waals surface area contributed by atoms with Gasteiger partial charge in [0.25, 0.3) is 0 Å². The van der Waals surface area contributed by atoms with Gasteiger partial charge < -0.3 is 23.8 Å². The van der Waals surface area contributed by atoms with Crippen molar-refractivity contribution in [2.24, 2.45) is 0 Å². The summed E-state index contributed by atoms with van der Waals surface area (Å²) in [5, 5.41) is 13.7. The Morgan fingerprint density at radius 3 is 2.04 bits per heavy atom. The maximum atomic E-state index is 11.7. The maximum absolute atomic E-state index is 11.7. The standard InChI is InChI=1S/C27H32N2O12S4.3K/c1-26(2)20-16-18(42-41-40-30)8-10-22(20)28(12-14-43(31,32)33)24(26)6-5-7-25-27(3,4)21-17-19(45(37,38)39)9-11-23(21)29(25)13-15-44(34,35)36;;;/h5-11,16-17H,12-15H2,1-4H3,(H3-,30,31,32,33,34,35,36,37,38,39);;;/q;3*+1/p-3. The second kappa shape index (κ2) is 18.7. The largest absolute Gasteiger partial charge is 1.00 e. The van der Waals surface area contributed by atoms with Crippen LogP contribution >= 0.6 is 12.0 Å². The van der Waals surface area contributed by atoms with Crippen LogP contribution in [0.1, 0.15) is 38.8 Å². The normalized spacial score (nSPS) is 17.5. The summed E-state index contributed by atoms with van der Waals surface area (Å²) in [5.41, 5.74) is 1.60. The van der Waals surface area contributed by atoms with E-state index in [2.05, 4.69) is 9.37 Å². The first-order valence-electron chi connectivity index (χ1n) is 13.2. The van der Waals surface area contributed by atoms with Crippen LogP contribution in [-0.2, 0) is 50.6 Å². The van der Waals surface area contributed by atoms with Crippen LogP contribution in [0.4, 0.5) is 11.4 Å². The zero-order valence-electron chi connectivity index (χ0n) is 27.5. The Bertz CT molecular complexity index is 1950. The summed E-state index contributed by atoms with van der Waals surface area (Å²) in [7, 11) is -14.0. The van der Waals surface area contributed by atoms with E-state index in [4.69, 9.17) is 0 Å². The van der Waals surface area contributed by atoms with E-state index in [0.717, 1.165) is 11.6 Å². The minimum atomic E-state index is -4.80. The summed E-state index contributed by atoms with van der Waals surface area (Å²) >= 11 is 0.681. The zero-order valence-corrected chi connectivity index (χ0v) is 40.1. The number of fused-ring (bicyclic) bond motifs is 2. The zero-order chi connectivity index (χ0) is 33.6. The van der Waals surface area contributed by atoms with Crippen molar-refractivity contribution in [3.05, 3.63) is 71.5 Å². The molecule has 0 amide bonds. The summed E-state index contributed by atoms with van der Waals surface area (Å²) in [5.74, 6) is -1.43. The van der Waals surface area contributed by atoms with Gasteiger partial charge in [-0.3, -0.25) is 5.04 Å². The monoisotopic (exact) mass is 818 g/mol. The van der Waals surface area contributed by atoms with Crippen LogP contribution in [0.3, 0.4) is 0 Å². The molecule has 0 atom stereocenters. The SMILES string of the molecule is CC1(C)C(C=C/C=C2/N(CCS(=O)(=O)[O-])c3ccc(S(=O)(=O)[O-])cc3C2(C)C)=[N+](CCS(=O)(=O)[O-])c2ccc(SOO[O-])cc21.[K+].[K+].[K+]. The Hall–Kier alpha value is 2.26. The van der Waals surface area contributed by atoms with Crippen LogP contribution in [0, 0.1) is 0 Å². The number of benzene rings is 2. The van der Waals surface area contributed by atoms with Gasteiger partial charge in [0.05, 0.1) is 44.0 Å². The molecule has 14 nitrogen and oxygen atoms in total. The van der Waals surface area contributed by atoms with Gasteiger partial charge in [-0.05, 0) is 55.8 Å². The Morgan fingerprint density at radius 1 is 0.854 bits per heavy atom. The van der Waals surface area contributed by atoms with Crippen LogP contribution in [0.25, 0.3) is 0 Å². The topological polar surface area (TPSA) is 219 Å². The van der Waals surface area contributed by atoms with Crippen molar-refractivity contribution in [2.45, 2.75) is 48.3 Å². The predicted molar refractivity (Wildman–Crippen MR) is 158 cm³/mol. The molecule has 0 saturated carbocycles. The molecule has 2 aliphatic heterocycles. The van der Waals surface area contributed by atoms with Gasteiger partial charge in [-0.25, -0.2) is 25.3 Å². The summed E-state index contributed by atoms with van der Waals surface area (Å²) in [6, 6.07) is 8.79. The predicted octanol–water partition coefficient (Wildman–Crippen LogP) is -7.46. The van der Waals surface area contributed by atoms with Gasteiger partial charge in [-0.2, -0.15) is 8.91 Å². The third-order valence-electron chi connectivity index (χ3n) is 7.81. The Balaban J connectivity index is 0.00000384. The Kier molecular flexibility index (Phi) is 18.8. The molecule has 0 N–H and O–H groups in total. The van der Waals surface area contributed by atoms with Crippen molar-refractivity contribution < 1.29 is 212 Å². The van der Waals surface area contributed by atoms with Gasteiger partial charge in [0, 0.05) is 45.9 Å². The molecule has 0 bridgehead atoms. The third-order valence-corrected chi connectivity index (χ3v) is 10.6. The van der Waals surface area contributed by atoms with Crippen molar-refractivity contribution in [2.75, 3.05) is 29.5 Å². The van der Waals surface area contributed by atoms with E-state index in [1.165, 1.54) is 12.1 Å². The molecule has 2 heterocycles. The van der Waals surface area contributed by atoms with Crippen molar-refractivity contribution in [1.82, 2.24) is 0 Å². The first-order valence-corrected chi connectivity index (χ1v) is 18.5. The molecular formula is C27H29K3N2O12S4. The summed E-state index contributed by atoms with van der Waals surface area (Å²) in [4.78, 5) is 1.63. The van der Waals surface area contributed by atoms with E-state index in [9.17, 15) is 44.2 Å². The molecule has 0 aromatic heterocycles. The molecule has 246 valence electrons. The third kappa shape index (κ3) is 11.6. The average molecular weight is 819 g/mol. The van der Waals surface area contributed by atoms with E-state index in [0.29, 0.717) is 45.3 Å². The minimum absolute atomic E-state index is 0. The molecule has 0 spiro atoms. The molecule has 2 aromatic carbocycles. The van der Waals surface area contributed by atoms with Crippen molar-refractivity contribution in [1.29, 1.82) is 0 Å². The molecule has 0 saturated heterocycles. The minimum Gasteiger partial charge on any atom is -0.748 e. The molecule has 4 rings (SSSR count). The van der Waals surface area contributed by atoms with Crippen molar-refractivity contribution in [3.8, 4) is 0 Å². The van der Waals surface area contributed by atoms with E-state index >= 15 is 0 Å². The van der Waals surface area contributed by atoms with Crippen LogP contribution in [0.5, 0.6) is 0 Å². The molecule has 48 heavy (non-hydrogen) atoms. The Morgan fingerprint density at radius 2 is 1.48 bits per heavy atom. The maximum Gasteiger partial charge on any atom is 1.00 e. The van der Waals surface area contributed by atoms with Crippen molar-refractivity contribution >= 4 is 59.5 Å². The first-order chi connectivity index (χ1) is 20.7. The van der Waals surface area contributed by atoms with Gasteiger partial charge in [0.1, 0.15) is 20.2 Å². The van der Waals surface area contributed by atoms with Crippen LogP contribution in [0.2, 0.25) is 0 Å². The van der Waals surface area contributed by atoms with Crippen LogP contribution in [0.15, 0.2) is 70.1 Å². The first kappa shape index (κ1) is 48.3. The second-order valence-electron chi connectivity index (χ2n) is 11.4. The number of anilines is 1. The molecule has 0 aliphatic carbocycles. The summed E-state index contributed by atoms with van der Waals surface area (Å²) in [6.45, 7) is 6.83. The van der Waals surface area contributed by atoms with E-state index in [1.54, 1.807) is 59.8 Å². The van der Waals surface area contributed by atoms with Gasteiger partial charge >= 0.3 is 154 Å². The number of nitrogens with zero attached hydrogens (tertiary/aromatic N) is 2. The number of rotatable bonds is 12. The smallest absolute Gasteiger partial charge is 0.748 e. The number of hydrogen-bond donors (Lipinski definition) is 0. The number of hydrogen-bond acceptors (Lipinski definition) is 14. The van der Waals surface area contributed by atoms with E-state index in [-0.39, 0.29) is 167 Å². The van der Waals surface area contributed by atoms with Gasteiger partial charge in [0.2, 0.25) is 5.69 Å². The number of allylic oxidation sites excluding steroid dienone is 4. The molecular weight excluding hydrogens is 790 g/mol. The molecule has 0 fully saturated rings. The summed E-state index contributed by atoms with van der Waals surface area (Å²) in [6.07, 6.45) is 4.99. The molecule has 2 aromatic rings. The fourth-order valence-electron chi connectivity index (χ4n) is 5.69. The van der Waals surface area contributed by atoms with Crippen LogP contribution < -0.4 is 164 Å². The summed E-state index contributed by atoms with van der Waals surface area (Å²) < 4.78 is 111. The van der Waals surface area contributed by atoms with E-state index < -0.39 is 57.6 Å². The van der Waals surface area contributed by atoms with Gasteiger partial charge in [0.15, 0.2) is 12.3 Å². The van der Waals surface area contributed by atoms with Crippen molar-refractivity contribution in [3.63, 3.8) is 0 Å². The second-order valence-corrected chi connectivity index (χ2v) is 16.6. The molecule has 0 unspecified atom stereocenters. The average Bonchev–Trinajstić information content (AvgIpc) is 3.26. The molecule has 0 radical (unpaired) electrons. The Labute approximate surface area is 412 Å². The van der Waals surface area contributed by atoms with Gasteiger partial charge in [-0.1, -0.05) is 19.9 Å². The fraction of sp³-hybridized carbons (Fsp3) is 0.370. The quantitative estimate of drug-likeness (QED) is 0.0486. The van der Waals surface area contributed by atoms with Gasteiger partial charge in [-0.15, -0.1) is 0 Å². The fourth-order valence-corrected chi connectivity index (χ4v) is 7.39. The van der Waals surface area contributed by atoms with E-state index in [1.807, 2.05) is 13.8 Å². The molecule has 21 heteroatoms.